The van der Waals surface area contributed by atoms with Crippen molar-refractivity contribution in [3.8, 4) is 0 Å². The minimum Gasteiger partial charge on any atom is -0.103 e. The first-order valence-corrected chi connectivity index (χ1v) is 17.7. The summed E-state index contributed by atoms with van der Waals surface area (Å²) in [6.07, 6.45) is 0. The van der Waals surface area contributed by atoms with Gasteiger partial charge in [-0.3, -0.25) is 0 Å². The van der Waals surface area contributed by atoms with Crippen molar-refractivity contribution in [3.05, 3.63) is 164 Å². The molecule has 0 atom stereocenters. The number of hydrogen-bond acceptors (Lipinski definition) is 1. The number of benzene rings is 7. The fourth-order valence-corrected chi connectivity index (χ4v) is 19.0. The van der Waals surface area contributed by atoms with E-state index in [1.54, 1.807) is 0 Å². The van der Waals surface area contributed by atoms with Crippen molar-refractivity contribution < 1.29 is 0 Å². The molecule has 0 radical (unpaired) electrons. The Balaban J connectivity index is 1.58. The first-order valence-electron chi connectivity index (χ1n) is 14.2. The Labute approximate surface area is 241 Å². The average Bonchev–Trinajstić information content (AvgIpc) is 3.54. The molecule has 1 nitrogen and oxygen atoms in total. The van der Waals surface area contributed by atoms with Crippen LogP contribution in [0.3, 0.4) is 0 Å². The lowest BCUT2D eigenvalue weighted by Gasteiger charge is -2.37. The van der Waals surface area contributed by atoms with Gasteiger partial charge < -0.3 is 0 Å². The maximum absolute atomic E-state index is 3.02. The van der Waals surface area contributed by atoms with E-state index in [-0.39, 0.29) is 0 Å². The van der Waals surface area contributed by atoms with Crippen LogP contribution in [0.4, 0.5) is 5.69 Å². The van der Waals surface area contributed by atoms with Crippen molar-refractivity contribution in [2.45, 2.75) is 0 Å². The van der Waals surface area contributed by atoms with Crippen molar-refractivity contribution in [1.29, 1.82) is 0 Å². The molecule has 192 valence electrons. The van der Waals surface area contributed by atoms with E-state index in [1.807, 2.05) is 0 Å². The topological polar surface area (TPSA) is 3.24 Å². The van der Waals surface area contributed by atoms with Gasteiger partial charge >= 0.3 is 0 Å². The lowest BCUT2D eigenvalue weighted by atomic mass is 10.0. The number of nitrogens with zero attached hydrogens (tertiary/aromatic N) is 1. The molecular weight excluding hydrogens is 532 g/mol. The van der Waals surface area contributed by atoms with Crippen LogP contribution in [0.2, 0.25) is 0 Å². The maximum Gasteiger partial charge on any atom is 0.243 e. The van der Waals surface area contributed by atoms with Gasteiger partial charge in [-0.05, 0) is 77.5 Å². The van der Waals surface area contributed by atoms with Gasteiger partial charge in [0, 0.05) is 0 Å². The molecule has 0 spiro atoms. The van der Waals surface area contributed by atoms with Gasteiger partial charge in [0.25, 0.3) is 0 Å². The summed E-state index contributed by atoms with van der Waals surface area (Å²) in [6.45, 7) is 0. The monoisotopic (exact) mass is 559 g/mol. The third-order valence-corrected chi connectivity index (χ3v) is 18.4. The molecule has 0 saturated carbocycles. The standard InChI is InChI=1S/C38H27NP2/c1-5-17-30(18-6-1)40(31-19-7-2-8-20-31)34-25-13-15-28-27-29-16-14-26-35-37(29)38(36(28)34)39(40)41(35,32-21-9-3-10-22-32)33-23-11-4-12-24-33/h1-27H/q+2. The van der Waals surface area contributed by atoms with Gasteiger partial charge in [-0.15, -0.1) is 4.44 Å². The molecule has 3 heteroatoms. The third-order valence-electron chi connectivity index (χ3n) is 8.92. The molecule has 7 aromatic carbocycles. The Bertz CT molecular complexity index is 1860. The van der Waals surface area contributed by atoms with Crippen LogP contribution in [-0.2, 0) is 0 Å². The van der Waals surface area contributed by atoms with Gasteiger partial charge in [0.1, 0.15) is 37.5 Å². The van der Waals surface area contributed by atoms with E-state index >= 15 is 0 Å². The molecule has 9 rings (SSSR count). The molecule has 0 aliphatic carbocycles. The Morgan fingerprint density at radius 1 is 0.341 bits per heavy atom. The fraction of sp³-hybridized carbons (Fsp3) is 0. The molecule has 2 aliphatic heterocycles. The highest BCUT2D eigenvalue weighted by Gasteiger charge is 2.74. The van der Waals surface area contributed by atoms with E-state index < -0.39 is 14.8 Å². The van der Waals surface area contributed by atoms with Gasteiger partial charge in [0.2, 0.25) is 14.8 Å². The second-order valence-corrected chi connectivity index (χ2v) is 17.6. The van der Waals surface area contributed by atoms with Gasteiger partial charge in [0.05, 0.1) is 10.8 Å². The Hall–Kier alpha value is -4.28. The highest BCUT2D eigenvalue weighted by molar-refractivity contribution is 8.13. The van der Waals surface area contributed by atoms with Crippen LogP contribution in [-0.4, -0.2) is 0 Å². The van der Waals surface area contributed by atoms with E-state index in [2.05, 4.69) is 168 Å². The summed E-state index contributed by atoms with van der Waals surface area (Å²) in [4.78, 5) is 0. The first-order chi connectivity index (χ1) is 20.4. The van der Waals surface area contributed by atoms with Gasteiger partial charge in [-0.25, -0.2) is 0 Å². The van der Waals surface area contributed by atoms with Crippen LogP contribution >= 0.6 is 14.8 Å². The summed E-state index contributed by atoms with van der Waals surface area (Å²) in [7, 11) is -4.70. The van der Waals surface area contributed by atoms with E-state index in [9.17, 15) is 0 Å². The smallest absolute Gasteiger partial charge is 0.103 e. The molecule has 0 fully saturated rings. The summed E-state index contributed by atoms with van der Waals surface area (Å²) >= 11 is 0. The third kappa shape index (κ3) is 2.83. The highest BCUT2D eigenvalue weighted by Crippen LogP contribution is 2.83. The van der Waals surface area contributed by atoms with E-state index in [1.165, 1.54) is 59.1 Å². The number of anilines is 1. The Kier molecular flexibility index (Phi) is 4.92. The zero-order chi connectivity index (χ0) is 27.0. The Morgan fingerprint density at radius 3 is 1.02 bits per heavy atom. The molecule has 2 heterocycles. The molecule has 0 amide bonds. The van der Waals surface area contributed by atoms with E-state index in [0.29, 0.717) is 0 Å². The second kappa shape index (κ2) is 8.61. The van der Waals surface area contributed by atoms with Crippen molar-refractivity contribution in [3.63, 3.8) is 0 Å². The Morgan fingerprint density at radius 2 is 0.683 bits per heavy atom. The minimum atomic E-state index is -2.35. The zero-order valence-electron chi connectivity index (χ0n) is 22.4. The van der Waals surface area contributed by atoms with Crippen molar-refractivity contribution in [2.75, 3.05) is 4.44 Å². The molecule has 2 aliphatic rings. The lowest BCUT2D eigenvalue weighted by molar-refractivity contribution is 1.65. The molecule has 7 aromatic rings. The predicted octanol–water partition coefficient (Wildman–Crippen LogP) is 7.24. The van der Waals surface area contributed by atoms with Crippen LogP contribution in [0.25, 0.3) is 21.5 Å². The van der Waals surface area contributed by atoms with Gasteiger partial charge in [-0.2, -0.15) is 0 Å². The lowest BCUT2D eigenvalue weighted by Crippen LogP contribution is -2.46. The zero-order valence-corrected chi connectivity index (χ0v) is 24.2. The summed E-state index contributed by atoms with van der Waals surface area (Å²) in [5, 5.41) is 14.1. The summed E-state index contributed by atoms with van der Waals surface area (Å²) in [6, 6.07) is 62.1. The maximum atomic E-state index is 3.02. The highest BCUT2D eigenvalue weighted by atomic mass is 31.2. The fourth-order valence-electron chi connectivity index (χ4n) is 7.48. The molecular formula is C38H27NP2+2. The van der Waals surface area contributed by atoms with Crippen molar-refractivity contribution in [2.24, 2.45) is 0 Å². The normalized spacial score (nSPS) is 15.7. The number of hydrogen-bond donors (Lipinski definition) is 0. The van der Waals surface area contributed by atoms with Crippen LogP contribution in [0.1, 0.15) is 0 Å². The van der Waals surface area contributed by atoms with E-state index in [0.717, 1.165) is 0 Å². The van der Waals surface area contributed by atoms with Crippen LogP contribution < -0.4 is 36.3 Å². The van der Waals surface area contributed by atoms with Crippen LogP contribution in [0, 0.1) is 0 Å². The molecule has 0 bridgehead atoms. The van der Waals surface area contributed by atoms with Crippen molar-refractivity contribution in [1.82, 2.24) is 0 Å². The quantitative estimate of drug-likeness (QED) is 0.162. The largest absolute Gasteiger partial charge is 0.243 e. The predicted molar refractivity (Wildman–Crippen MR) is 181 cm³/mol. The molecule has 0 aromatic heterocycles. The molecule has 0 saturated heterocycles. The SMILES string of the molecule is c1ccc([P+]2(c3ccccc3)c3cccc4cc5cccc6c5c(c34)N2[P+]6(c2ccccc2)c2ccccc2)cc1. The van der Waals surface area contributed by atoms with Crippen molar-refractivity contribution >= 4 is 73.9 Å². The van der Waals surface area contributed by atoms with Gasteiger partial charge in [0.15, 0.2) is 0 Å². The average molecular weight is 560 g/mol. The van der Waals surface area contributed by atoms with E-state index in [4.69, 9.17) is 0 Å². The summed E-state index contributed by atoms with van der Waals surface area (Å²) < 4.78 is 3.02. The number of rotatable bonds is 4. The second-order valence-electron chi connectivity index (χ2n) is 10.9. The summed E-state index contributed by atoms with van der Waals surface area (Å²) in [5.74, 6) is 0. The minimum absolute atomic E-state index is 1.34. The van der Waals surface area contributed by atoms with Crippen LogP contribution in [0.5, 0.6) is 0 Å². The molecule has 0 unspecified atom stereocenters. The molecule has 0 N–H and O–H groups in total. The van der Waals surface area contributed by atoms with Gasteiger partial charge in [-0.1, -0.05) is 97.1 Å². The molecule has 41 heavy (non-hydrogen) atoms. The summed E-state index contributed by atoms with van der Waals surface area (Å²) in [5.41, 5.74) is 1.44. The first kappa shape index (κ1) is 23.4. The van der Waals surface area contributed by atoms with Crippen LogP contribution in [0.15, 0.2) is 164 Å².